The summed E-state index contributed by atoms with van der Waals surface area (Å²) >= 11 is 0. The minimum absolute atomic E-state index is 0.704. The molecule has 1 aromatic heterocycles. The van der Waals surface area contributed by atoms with Gasteiger partial charge in [0.1, 0.15) is 0 Å². The number of carbonyl (C=O) groups is 1. The highest BCUT2D eigenvalue weighted by molar-refractivity contribution is 5.73. The Balaban J connectivity index is 0.000000544. The van der Waals surface area contributed by atoms with Gasteiger partial charge in [0.15, 0.2) is 0 Å². The maximum absolute atomic E-state index is 10.4. The lowest BCUT2D eigenvalue weighted by Crippen LogP contribution is -2.03. The molecule has 4 nitrogen and oxygen atoms in total. The third-order valence-corrected chi connectivity index (χ3v) is 3.47. The first-order chi connectivity index (χ1) is 12.2. The fourth-order valence-electron chi connectivity index (χ4n) is 2.08. The van der Waals surface area contributed by atoms with E-state index in [4.69, 9.17) is 0 Å². The van der Waals surface area contributed by atoms with Crippen LogP contribution in [-0.4, -0.2) is 16.0 Å². The Morgan fingerprint density at radius 1 is 1.32 bits per heavy atom. The summed E-state index contributed by atoms with van der Waals surface area (Å²) in [4.78, 5) is 14.4. The lowest BCUT2D eigenvalue weighted by atomic mass is 10.1. The molecule has 25 heavy (non-hydrogen) atoms. The first kappa shape index (κ1) is 22.4. The summed E-state index contributed by atoms with van der Waals surface area (Å²) in [6.45, 7) is 12.6. The fourth-order valence-corrected chi connectivity index (χ4v) is 2.08. The number of imidazole rings is 1. The van der Waals surface area contributed by atoms with Gasteiger partial charge >= 0.3 is 0 Å². The molecule has 1 N–H and O–H groups in total. The summed E-state index contributed by atoms with van der Waals surface area (Å²) in [5.74, 6) is 0. The van der Waals surface area contributed by atoms with Gasteiger partial charge in [-0.2, -0.15) is 0 Å². The molecule has 0 radical (unpaired) electrons. The van der Waals surface area contributed by atoms with Crippen LogP contribution in [-0.2, 0) is 17.8 Å². The van der Waals surface area contributed by atoms with E-state index in [2.05, 4.69) is 29.9 Å². The van der Waals surface area contributed by atoms with E-state index in [1.165, 1.54) is 5.57 Å². The number of hydrogen-bond donors (Lipinski definition) is 1. The standard InChI is InChI=1S/C12H13N3O.C7H12.C2H6/c16-10-14-12-4-2-1-3-11(12)5-7-15-8-6-13-9-15;1-4-7(5-2)6-3;1-2/h1-4,6,8-10H,5,7H2,(H,14,16);4-5H,1,6H2,2-3H3;1-2H3/b;7-5+;. The largest absolute Gasteiger partial charge is 0.337 e. The first-order valence-electron chi connectivity index (χ1n) is 8.76. The van der Waals surface area contributed by atoms with E-state index >= 15 is 0 Å². The number of nitrogens with zero attached hydrogens (tertiary/aromatic N) is 2. The number of aryl methyl sites for hydroxylation is 2. The highest BCUT2D eigenvalue weighted by Gasteiger charge is 2.00. The second-order valence-corrected chi connectivity index (χ2v) is 4.89. The van der Waals surface area contributed by atoms with Crippen LogP contribution in [0.2, 0.25) is 0 Å². The molecule has 0 saturated carbocycles. The van der Waals surface area contributed by atoms with Gasteiger partial charge in [-0.1, -0.05) is 63.3 Å². The Kier molecular flexibility index (Phi) is 13.4. The minimum atomic E-state index is 0.704. The highest BCUT2D eigenvalue weighted by atomic mass is 16.1. The Morgan fingerprint density at radius 2 is 2.04 bits per heavy atom. The summed E-state index contributed by atoms with van der Waals surface area (Å²) in [6, 6.07) is 7.80. The molecule has 0 fully saturated rings. The fraction of sp³-hybridized carbons (Fsp3) is 0.333. The Hall–Kier alpha value is -2.62. The van der Waals surface area contributed by atoms with Gasteiger partial charge in [-0.25, -0.2) is 4.98 Å². The molecular formula is C21H31N3O. The van der Waals surface area contributed by atoms with Gasteiger partial charge in [0.25, 0.3) is 0 Å². The highest BCUT2D eigenvalue weighted by Crippen LogP contribution is 2.15. The number of para-hydroxylation sites is 1. The molecule has 0 spiro atoms. The second-order valence-electron chi connectivity index (χ2n) is 4.89. The van der Waals surface area contributed by atoms with Crippen molar-refractivity contribution in [3.8, 4) is 0 Å². The smallest absolute Gasteiger partial charge is 0.211 e. The number of amides is 1. The molecule has 136 valence electrons. The van der Waals surface area contributed by atoms with Crippen molar-refractivity contribution in [1.29, 1.82) is 0 Å². The number of aromatic nitrogens is 2. The molecule has 0 aliphatic carbocycles. The maximum atomic E-state index is 10.4. The van der Waals surface area contributed by atoms with Crippen LogP contribution in [0.5, 0.6) is 0 Å². The molecule has 2 aromatic rings. The monoisotopic (exact) mass is 341 g/mol. The van der Waals surface area contributed by atoms with E-state index in [0.717, 1.165) is 30.6 Å². The second kappa shape index (κ2) is 14.9. The van der Waals surface area contributed by atoms with Crippen molar-refractivity contribution in [2.24, 2.45) is 0 Å². The van der Waals surface area contributed by atoms with Gasteiger partial charge in [-0.15, -0.1) is 0 Å². The van der Waals surface area contributed by atoms with Gasteiger partial charge in [0, 0.05) is 24.6 Å². The van der Waals surface area contributed by atoms with Gasteiger partial charge < -0.3 is 9.88 Å². The number of benzene rings is 1. The molecule has 1 heterocycles. The molecule has 0 atom stereocenters. The van der Waals surface area contributed by atoms with Crippen molar-refractivity contribution in [2.45, 2.75) is 47.1 Å². The number of hydrogen-bond acceptors (Lipinski definition) is 2. The summed E-state index contributed by atoms with van der Waals surface area (Å²) in [7, 11) is 0. The quantitative estimate of drug-likeness (QED) is 0.552. The summed E-state index contributed by atoms with van der Waals surface area (Å²) in [5, 5.41) is 2.70. The van der Waals surface area contributed by atoms with Crippen molar-refractivity contribution < 1.29 is 4.79 Å². The number of anilines is 1. The zero-order valence-corrected chi connectivity index (χ0v) is 15.9. The normalized spacial score (nSPS) is 9.84. The van der Waals surface area contributed by atoms with E-state index in [0.29, 0.717) is 6.41 Å². The minimum Gasteiger partial charge on any atom is -0.337 e. The van der Waals surface area contributed by atoms with E-state index in [1.54, 1.807) is 12.5 Å². The summed E-state index contributed by atoms with van der Waals surface area (Å²) < 4.78 is 2.01. The molecule has 1 aromatic carbocycles. The average Bonchev–Trinajstić information content (AvgIpc) is 3.19. The van der Waals surface area contributed by atoms with E-state index in [1.807, 2.05) is 61.9 Å². The average molecular weight is 341 g/mol. The number of allylic oxidation sites excluding steroid dienone is 3. The van der Waals surface area contributed by atoms with Gasteiger partial charge in [0.05, 0.1) is 6.33 Å². The van der Waals surface area contributed by atoms with Crippen molar-refractivity contribution in [1.82, 2.24) is 9.55 Å². The molecule has 2 rings (SSSR count). The zero-order valence-electron chi connectivity index (χ0n) is 15.9. The third-order valence-electron chi connectivity index (χ3n) is 3.47. The number of rotatable bonds is 7. The van der Waals surface area contributed by atoms with Crippen LogP contribution in [0.25, 0.3) is 0 Å². The molecule has 0 aliphatic rings. The molecule has 0 aliphatic heterocycles. The zero-order chi connectivity index (χ0) is 18.9. The maximum Gasteiger partial charge on any atom is 0.211 e. The Morgan fingerprint density at radius 3 is 2.52 bits per heavy atom. The molecule has 0 saturated heterocycles. The summed E-state index contributed by atoms with van der Waals surface area (Å²) in [6.07, 6.45) is 12.1. The van der Waals surface area contributed by atoms with Crippen LogP contribution in [0.15, 0.2) is 67.3 Å². The van der Waals surface area contributed by atoms with Crippen molar-refractivity contribution >= 4 is 12.1 Å². The Labute approximate surface area is 152 Å². The topological polar surface area (TPSA) is 46.9 Å². The van der Waals surface area contributed by atoms with Crippen LogP contribution < -0.4 is 5.32 Å². The van der Waals surface area contributed by atoms with Gasteiger partial charge in [-0.3, -0.25) is 4.79 Å². The van der Waals surface area contributed by atoms with Crippen LogP contribution in [0.4, 0.5) is 5.69 Å². The number of nitrogens with one attached hydrogen (secondary N) is 1. The lowest BCUT2D eigenvalue weighted by Gasteiger charge is -2.08. The van der Waals surface area contributed by atoms with Gasteiger partial charge in [0.2, 0.25) is 6.41 Å². The molecule has 4 heteroatoms. The van der Waals surface area contributed by atoms with E-state index < -0.39 is 0 Å². The molecule has 1 amide bonds. The van der Waals surface area contributed by atoms with E-state index in [-0.39, 0.29) is 0 Å². The molecular weight excluding hydrogens is 310 g/mol. The van der Waals surface area contributed by atoms with Crippen LogP contribution in [0.3, 0.4) is 0 Å². The van der Waals surface area contributed by atoms with E-state index in [9.17, 15) is 4.79 Å². The van der Waals surface area contributed by atoms with Crippen LogP contribution in [0.1, 0.15) is 39.7 Å². The number of carbonyl (C=O) groups excluding carboxylic acids is 1. The summed E-state index contributed by atoms with van der Waals surface area (Å²) in [5.41, 5.74) is 3.32. The molecule has 0 unspecified atom stereocenters. The third kappa shape index (κ3) is 9.30. The SMILES string of the molecule is C=C/C(=C\C)CC.CC.O=CNc1ccccc1CCn1ccnc1. The Bertz CT molecular complexity index is 616. The lowest BCUT2D eigenvalue weighted by molar-refractivity contribution is -0.105. The van der Waals surface area contributed by atoms with Crippen LogP contribution in [0, 0.1) is 0 Å². The predicted molar refractivity (Wildman–Crippen MR) is 108 cm³/mol. The van der Waals surface area contributed by atoms with Crippen molar-refractivity contribution in [2.75, 3.05) is 5.32 Å². The van der Waals surface area contributed by atoms with Crippen molar-refractivity contribution in [3.05, 3.63) is 72.9 Å². The molecule has 0 bridgehead atoms. The first-order valence-corrected chi connectivity index (χ1v) is 8.76. The predicted octanol–water partition coefficient (Wildman–Crippen LogP) is 5.25. The van der Waals surface area contributed by atoms with Crippen molar-refractivity contribution in [3.63, 3.8) is 0 Å². The van der Waals surface area contributed by atoms with Crippen LogP contribution >= 0.6 is 0 Å². The van der Waals surface area contributed by atoms with Gasteiger partial charge in [-0.05, 0) is 31.4 Å².